The van der Waals surface area contributed by atoms with Crippen molar-refractivity contribution in [2.45, 2.75) is 38.0 Å². The van der Waals surface area contributed by atoms with Crippen molar-refractivity contribution in [1.82, 2.24) is 14.1 Å². The van der Waals surface area contributed by atoms with E-state index in [1.807, 2.05) is 82.3 Å². The molecule has 200 valence electrons. The molecule has 1 aromatic heterocycles. The number of ether oxygens (including phenoxy) is 1. The third kappa shape index (κ3) is 6.12. The topological polar surface area (TPSA) is 93.5 Å². The lowest BCUT2D eigenvalue weighted by atomic mass is 9.92. The highest BCUT2D eigenvalue weighted by molar-refractivity contribution is 7.89. The molecule has 0 saturated carbocycles. The number of anilines is 1. The quantitative estimate of drug-likeness (QED) is 0.329. The fourth-order valence-corrected chi connectivity index (χ4v) is 5.51. The molecule has 0 saturated heterocycles. The maximum absolute atomic E-state index is 13.6. The molecule has 0 radical (unpaired) electrons. The zero-order valence-electron chi connectivity index (χ0n) is 22.4. The lowest BCUT2D eigenvalue weighted by Gasteiger charge is -2.22. The van der Waals surface area contributed by atoms with Gasteiger partial charge in [0.25, 0.3) is 0 Å². The monoisotopic (exact) mass is 534 g/mol. The number of aromatic nitrogens is 2. The number of hydrogen-bond donors (Lipinski definition) is 1. The van der Waals surface area contributed by atoms with Crippen LogP contribution < -0.4 is 5.32 Å². The van der Waals surface area contributed by atoms with Crippen LogP contribution in [0.1, 0.15) is 32.0 Å². The van der Waals surface area contributed by atoms with Crippen molar-refractivity contribution < 1.29 is 17.9 Å². The summed E-state index contributed by atoms with van der Waals surface area (Å²) in [5.74, 6) is 0.0000455. The predicted molar refractivity (Wildman–Crippen MR) is 150 cm³/mol. The van der Waals surface area contributed by atoms with E-state index in [9.17, 15) is 13.2 Å². The molecular formula is C29H34N4O4S. The van der Waals surface area contributed by atoms with Crippen LogP contribution >= 0.6 is 0 Å². The Morgan fingerprint density at radius 1 is 1.00 bits per heavy atom. The van der Waals surface area contributed by atoms with Crippen molar-refractivity contribution in [3.8, 4) is 5.69 Å². The molecule has 0 aliphatic heterocycles. The first kappa shape index (κ1) is 27.5. The number of fused-ring (bicyclic) bond motifs is 1. The summed E-state index contributed by atoms with van der Waals surface area (Å²) in [4.78, 5) is 13.4. The summed E-state index contributed by atoms with van der Waals surface area (Å²) in [5, 5.41) is 9.39. The number of aryl methyl sites for hydroxylation is 1. The number of sulfonamides is 1. The fourth-order valence-electron chi connectivity index (χ4n) is 4.09. The van der Waals surface area contributed by atoms with Crippen LogP contribution in [0.15, 0.2) is 77.7 Å². The Kier molecular flexibility index (Phi) is 8.01. The van der Waals surface area contributed by atoms with Gasteiger partial charge in [0, 0.05) is 25.1 Å². The second-order valence-electron chi connectivity index (χ2n) is 10.3. The van der Waals surface area contributed by atoms with E-state index in [2.05, 4.69) is 5.32 Å². The Morgan fingerprint density at radius 2 is 1.74 bits per heavy atom. The molecule has 0 spiro atoms. The third-order valence-electron chi connectivity index (χ3n) is 6.21. The molecule has 0 aliphatic carbocycles. The minimum Gasteiger partial charge on any atom is -0.383 e. The van der Waals surface area contributed by atoms with E-state index in [4.69, 9.17) is 9.84 Å². The highest BCUT2D eigenvalue weighted by atomic mass is 32.2. The molecule has 0 aliphatic rings. The number of benzene rings is 3. The minimum absolute atomic E-state index is 0.0312. The number of carbonyl (C=O) groups is 1. The number of nitrogens with one attached hydrogen (secondary N) is 1. The smallest absolute Gasteiger partial charge is 0.243 e. The van der Waals surface area contributed by atoms with Gasteiger partial charge in [0.2, 0.25) is 15.9 Å². The lowest BCUT2D eigenvalue weighted by Crippen LogP contribution is -2.40. The van der Waals surface area contributed by atoms with Crippen LogP contribution in [0.5, 0.6) is 0 Å². The van der Waals surface area contributed by atoms with Crippen LogP contribution in [0.3, 0.4) is 0 Å². The van der Waals surface area contributed by atoms with Crippen LogP contribution in [0.25, 0.3) is 16.5 Å². The Labute approximate surface area is 224 Å². The number of carbonyl (C=O) groups excluding carboxylic acids is 1. The maximum atomic E-state index is 13.6. The molecule has 8 nitrogen and oxygen atoms in total. The van der Waals surface area contributed by atoms with Crippen LogP contribution in [-0.2, 0) is 25.0 Å². The van der Waals surface area contributed by atoms with Crippen molar-refractivity contribution in [1.29, 1.82) is 0 Å². The molecule has 0 fully saturated rings. The van der Waals surface area contributed by atoms with Crippen molar-refractivity contribution in [3.63, 3.8) is 0 Å². The summed E-state index contributed by atoms with van der Waals surface area (Å²) >= 11 is 0. The van der Waals surface area contributed by atoms with E-state index in [0.29, 0.717) is 5.82 Å². The van der Waals surface area contributed by atoms with Crippen LogP contribution in [-0.4, -0.2) is 55.2 Å². The van der Waals surface area contributed by atoms with Gasteiger partial charge in [-0.25, -0.2) is 13.1 Å². The lowest BCUT2D eigenvalue weighted by molar-refractivity contribution is -0.116. The Balaban J connectivity index is 1.63. The number of hydrogen-bond acceptors (Lipinski definition) is 5. The molecule has 1 N–H and O–H groups in total. The summed E-state index contributed by atoms with van der Waals surface area (Å²) < 4.78 is 35.2. The summed E-state index contributed by atoms with van der Waals surface area (Å²) in [5.41, 5.74) is 2.41. The molecule has 4 rings (SSSR count). The molecular weight excluding hydrogens is 500 g/mol. The van der Waals surface area contributed by atoms with Gasteiger partial charge in [-0.3, -0.25) is 4.79 Å². The van der Waals surface area contributed by atoms with Crippen molar-refractivity contribution in [2.24, 2.45) is 0 Å². The summed E-state index contributed by atoms with van der Waals surface area (Å²) in [7, 11) is -2.47. The standard InChI is InChI=1S/C29H34N4O4S/c1-21-9-8-12-24(17-21)33-27(19-26(31-33)29(2,3)4)30-28(34)20-32(15-16-37-5)38(35,36)25-14-13-22-10-6-7-11-23(22)18-25/h6-14,17-19H,15-16,20H2,1-5H3,(H,30,34). The van der Waals surface area contributed by atoms with E-state index in [0.717, 1.165) is 32.0 Å². The second kappa shape index (κ2) is 11.1. The average Bonchev–Trinajstić information content (AvgIpc) is 3.30. The van der Waals surface area contributed by atoms with Crippen molar-refractivity contribution in [2.75, 3.05) is 32.1 Å². The van der Waals surface area contributed by atoms with Gasteiger partial charge < -0.3 is 10.1 Å². The normalized spacial score (nSPS) is 12.3. The molecule has 4 aromatic rings. The predicted octanol–water partition coefficient (Wildman–Crippen LogP) is 4.91. The molecule has 0 bridgehead atoms. The highest BCUT2D eigenvalue weighted by Gasteiger charge is 2.28. The molecule has 1 amide bonds. The van der Waals surface area contributed by atoms with Crippen LogP contribution in [0, 0.1) is 6.92 Å². The Bertz CT molecular complexity index is 1550. The van der Waals surface area contributed by atoms with Gasteiger partial charge in [0.05, 0.1) is 29.4 Å². The largest absolute Gasteiger partial charge is 0.383 e. The van der Waals surface area contributed by atoms with Gasteiger partial charge in [-0.1, -0.05) is 63.2 Å². The van der Waals surface area contributed by atoms with Crippen molar-refractivity contribution >= 4 is 32.5 Å². The van der Waals surface area contributed by atoms with Gasteiger partial charge >= 0.3 is 0 Å². The third-order valence-corrected chi connectivity index (χ3v) is 8.06. The number of nitrogens with zero attached hydrogens (tertiary/aromatic N) is 3. The molecule has 9 heteroatoms. The van der Waals surface area contributed by atoms with Gasteiger partial charge in [-0.15, -0.1) is 0 Å². The highest BCUT2D eigenvalue weighted by Crippen LogP contribution is 2.27. The first-order chi connectivity index (χ1) is 18.0. The van der Waals surface area contributed by atoms with Gasteiger partial charge in [0.15, 0.2) is 0 Å². The molecule has 3 aromatic carbocycles. The van der Waals surface area contributed by atoms with E-state index in [-0.39, 0.29) is 30.0 Å². The Hall–Kier alpha value is -3.53. The van der Waals surface area contributed by atoms with Crippen LogP contribution in [0.2, 0.25) is 0 Å². The zero-order chi connectivity index (χ0) is 27.5. The first-order valence-corrected chi connectivity index (χ1v) is 13.9. The minimum atomic E-state index is -3.97. The summed E-state index contributed by atoms with van der Waals surface area (Å²) in [6.07, 6.45) is 0. The maximum Gasteiger partial charge on any atom is 0.243 e. The molecule has 1 heterocycles. The molecule has 0 atom stereocenters. The van der Waals surface area contributed by atoms with E-state index in [1.165, 1.54) is 7.11 Å². The SMILES string of the molecule is COCCN(CC(=O)Nc1cc(C(C)(C)C)nn1-c1cccc(C)c1)S(=O)(=O)c1ccc2ccccc2c1. The summed E-state index contributed by atoms with van der Waals surface area (Å²) in [6.45, 7) is 7.93. The van der Waals surface area contributed by atoms with Crippen LogP contribution in [0.4, 0.5) is 5.82 Å². The summed E-state index contributed by atoms with van der Waals surface area (Å²) in [6, 6.07) is 22.1. The number of methoxy groups -OCH3 is 1. The first-order valence-electron chi connectivity index (χ1n) is 12.4. The van der Waals surface area contributed by atoms with Gasteiger partial charge in [-0.2, -0.15) is 9.40 Å². The van der Waals surface area contributed by atoms with Crippen molar-refractivity contribution in [3.05, 3.63) is 84.1 Å². The number of amides is 1. The second-order valence-corrected chi connectivity index (χ2v) is 12.2. The fraction of sp³-hybridized carbons (Fsp3) is 0.310. The average molecular weight is 535 g/mol. The van der Waals surface area contributed by atoms with E-state index < -0.39 is 15.9 Å². The van der Waals surface area contributed by atoms with Gasteiger partial charge in [-0.05, 0) is 47.5 Å². The van der Waals surface area contributed by atoms with E-state index >= 15 is 0 Å². The molecule has 0 unspecified atom stereocenters. The molecule has 38 heavy (non-hydrogen) atoms. The van der Waals surface area contributed by atoms with Gasteiger partial charge in [0.1, 0.15) is 5.82 Å². The van der Waals surface area contributed by atoms with E-state index in [1.54, 1.807) is 22.9 Å². The Morgan fingerprint density at radius 3 is 2.42 bits per heavy atom. The zero-order valence-corrected chi connectivity index (χ0v) is 23.2. The number of rotatable bonds is 9.